The number of nitrogens with one attached hydrogen (secondary N) is 3. The average molecular weight is 327 g/mol. The molecule has 0 radical (unpaired) electrons. The first-order chi connectivity index (χ1) is 10.5. The summed E-state index contributed by atoms with van der Waals surface area (Å²) in [5.74, 6) is 0.546. The summed E-state index contributed by atoms with van der Waals surface area (Å²) in [4.78, 5) is 14.1. The molecule has 0 spiro atoms. The van der Waals surface area contributed by atoms with Gasteiger partial charge in [-0.3, -0.25) is 10.2 Å². The lowest BCUT2D eigenvalue weighted by Crippen LogP contribution is -2.39. The molecule has 1 saturated heterocycles. The summed E-state index contributed by atoms with van der Waals surface area (Å²) in [5, 5.41) is 3.35. The van der Waals surface area contributed by atoms with E-state index in [1.807, 2.05) is 25.9 Å². The summed E-state index contributed by atoms with van der Waals surface area (Å²) in [6.07, 6.45) is 0.755. The Bertz CT molecular complexity index is 524. The average Bonchev–Trinajstić information content (AvgIpc) is 2.87. The number of hydrogen-bond acceptors (Lipinski definition) is 5. The van der Waals surface area contributed by atoms with Crippen LogP contribution in [0.1, 0.15) is 13.3 Å². The van der Waals surface area contributed by atoms with E-state index in [0.717, 1.165) is 13.0 Å². The molecule has 1 fully saturated rings. The SMILES string of the molecule is CC1CC(C(=O)Nc2ccc(OCCN(C)C)c(Cl)c2)NN1. The molecule has 2 atom stereocenters. The summed E-state index contributed by atoms with van der Waals surface area (Å²) in [6.45, 7) is 3.40. The molecule has 3 N–H and O–H groups in total. The Balaban J connectivity index is 1.90. The van der Waals surface area contributed by atoms with Gasteiger partial charge in [-0.1, -0.05) is 11.6 Å². The highest BCUT2D eigenvalue weighted by Crippen LogP contribution is 2.27. The second-order valence-electron chi connectivity index (χ2n) is 5.76. The van der Waals surface area contributed by atoms with E-state index in [0.29, 0.717) is 23.1 Å². The zero-order chi connectivity index (χ0) is 16.1. The largest absolute Gasteiger partial charge is 0.491 e. The van der Waals surface area contributed by atoms with Crippen molar-refractivity contribution in [2.24, 2.45) is 0 Å². The molecule has 1 aliphatic heterocycles. The van der Waals surface area contributed by atoms with Crippen molar-refractivity contribution in [3.8, 4) is 5.75 Å². The van der Waals surface area contributed by atoms with Crippen molar-refractivity contribution in [2.75, 3.05) is 32.6 Å². The lowest BCUT2D eigenvalue weighted by atomic mass is 10.1. The van der Waals surface area contributed by atoms with Crippen molar-refractivity contribution in [2.45, 2.75) is 25.4 Å². The molecule has 1 heterocycles. The van der Waals surface area contributed by atoms with Crippen molar-refractivity contribution in [1.29, 1.82) is 0 Å². The molecular weight excluding hydrogens is 304 g/mol. The van der Waals surface area contributed by atoms with Gasteiger partial charge in [0, 0.05) is 18.3 Å². The van der Waals surface area contributed by atoms with Crippen LogP contribution in [0, 0.1) is 0 Å². The quantitative estimate of drug-likeness (QED) is 0.739. The van der Waals surface area contributed by atoms with Gasteiger partial charge in [0.25, 0.3) is 0 Å². The maximum absolute atomic E-state index is 12.1. The Labute approximate surface area is 136 Å². The second-order valence-corrected chi connectivity index (χ2v) is 6.17. The fraction of sp³-hybridized carbons (Fsp3) is 0.533. The van der Waals surface area contributed by atoms with E-state index in [9.17, 15) is 4.79 Å². The third-order valence-electron chi connectivity index (χ3n) is 3.41. The van der Waals surface area contributed by atoms with E-state index >= 15 is 0 Å². The van der Waals surface area contributed by atoms with Crippen LogP contribution in [-0.2, 0) is 4.79 Å². The first kappa shape index (κ1) is 17.0. The number of likely N-dealkylation sites (N-methyl/N-ethyl adjacent to an activating group) is 1. The number of halogens is 1. The van der Waals surface area contributed by atoms with Crippen LogP contribution in [0.25, 0.3) is 0 Å². The van der Waals surface area contributed by atoms with Crippen LogP contribution in [0.3, 0.4) is 0 Å². The predicted molar refractivity (Wildman–Crippen MR) is 88.3 cm³/mol. The molecule has 2 rings (SSSR count). The Kier molecular flexibility index (Phi) is 6.02. The van der Waals surface area contributed by atoms with Crippen LogP contribution in [0.15, 0.2) is 18.2 Å². The highest BCUT2D eigenvalue weighted by molar-refractivity contribution is 6.32. The van der Waals surface area contributed by atoms with Crippen molar-refractivity contribution >= 4 is 23.2 Å². The highest BCUT2D eigenvalue weighted by Gasteiger charge is 2.26. The normalized spacial score (nSPS) is 21.1. The van der Waals surface area contributed by atoms with Crippen molar-refractivity contribution < 1.29 is 9.53 Å². The topological polar surface area (TPSA) is 65.6 Å². The van der Waals surface area contributed by atoms with E-state index in [4.69, 9.17) is 16.3 Å². The Morgan fingerprint density at radius 2 is 2.23 bits per heavy atom. The lowest BCUT2D eigenvalue weighted by Gasteiger charge is -2.14. The Morgan fingerprint density at radius 3 is 2.82 bits per heavy atom. The maximum Gasteiger partial charge on any atom is 0.242 e. The molecule has 6 nitrogen and oxygen atoms in total. The van der Waals surface area contributed by atoms with Gasteiger partial charge in [-0.05, 0) is 45.6 Å². The molecule has 1 aliphatic rings. The number of carbonyl (C=O) groups excluding carboxylic acids is 1. The molecule has 7 heteroatoms. The third-order valence-corrected chi connectivity index (χ3v) is 3.70. The van der Waals surface area contributed by atoms with Gasteiger partial charge in [-0.2, -0.15) is 0 Å². The molecule has 1 aromatic rings. The molecule has 1 amide bonds. The number of hydrogen-bond donors (Lipinski definition) is 3. The van der Waals surface area contributed by atoms with Gasteiger partial charge < -0.3 is 15.0 Å². The maximum atomic E-state index is 12.1. The molecule has 0 aromatic heterocycles. The molecule has 122 valence electrons. The zero-order valence-corrected chi connectivity index (χ0v) is 13.9. The number of rotatable bonds is 6. The van der Waals surface area contributed by atoms with Crippen LogP contribution < -0.4 is 20.9 Å². The van der Waals surface area contributed by atoms with Crippen molar-refractivity contribution in [3.05, 3.63) is 23.2 Å². The smallest absolute Gasteiger partial charge is 0.242 e. The van der Waals surface area contributed by atoms with Crippen LogP contribution in [-0.4, -0.2) is 50.1 Å². The lowest BCUT2D eigenvalue weighted by molar-refractivity contribution is -0.117. The van der Waals surface area contributed by atoms with Gasteiger partial charge in [-0.15, -0.1) is 0 Å². The second kappa shape index (κ2) is 7.78. The minimum absolute atomic E-state index is 0.0748. The minimum atomic E-state index is -0.232. The highest BCUT2D eigenvalue weighted by atomic mass is 35.5. The van der Waals surface area contributed by atoms with Crippen molar-refractivity contribution in [3.63, 3.8) is 0 Å². The summed E-state index contributed by atoms with van der Waals surface area (Å²) in [6, 6.07) is 5.32. The first-order valence-corrected chi connectivity index (χ1v) is 7.72. The number of nitrogens with zero attached hydrogens (tertiary/aromatic N) is 1. The van der Waals surface area contributed by atoms with Gasteiger partial charge in [0.1, 0.15) is 18.4 Å². The molecule has 0 aliphatic carbocycles. The molecule has 0 bridgehead atoms. The number of amides is 1. The van der Waals surface area contributed by atoms with Gasteiger partial charge in [0.05, 0.1) is 5.02 Å². The Morgan fingerprint density at radius 1 is 1.45 bits per heavy atom. The van der Waals surface area contributed by atoms with Gasteiger partial charge in [-0.25, -0.2) is 5.43 Å². The number of ether oxygens (including phenoxy) is 1. The zero-order valence-electron chi connectivity index (χ0n) is 13.1. The molecule has 1 aromatic carbocycles. The minimum Gasteiger partial charge on any atom is -0.491 e. The van der Waals surface area contributed by atoms with E-state index in [1.165, 1.54) is 0 Å². The molecule has 0 saturated carbocycles. The number of hydrazine groups is 1. The van der Waals surface area contributed by atoms with Gasteiger partial charge in [0.15, 0.2) is 0 Å². The fourth-order valence-corrected chi connectivity index (χ4v) is 2.39. The summed E-state index contributed by atoms with van der Waals surface area (Å²) in [5.41, 5.74) is 6.66. The summed E-state index contributed by atoms with van der Waals surface area (Å²) >= 11 is 6.19. The molecule has 2 unspecified atom stereocenters. The summed E-state index contributed by atoms with van der Waals surface area (Å²) < 4.78 is 5.61. The van der Waals surface area contributed by atoms with E-state index in [2.05, 4.69) is 16.2 Å². The molecule has 22 heavy (non-hydrogen) atoms. The Hall–Kier alpha value is -1.34. The van der Waals surface area contributed by atoms with Crippen LogP contribution in [0.4, 0.5) is 5.69 Å². The standard InChI is InChI=1S/C15H23ClN4O2/c1-10-8-13(19-18-10)15(21)17-11-4-5-14(12(16)9-11)22-7-6-20(2)3/h4-5,9-10,13,18-19H,6-8H2,1-3H3,(H,17,21). The van der Waals surface area contributed by atoms with Crippen LogP contribution >= 0.6 is 11.6 Å². The van der Waals surface area contributed by atoms with Crippen molar-refractivity contribution in [1.82, 2.24) is 15.8 Å². The fourth-order valence-electron chi connectivity index (χ4n) is 2.15. The van der Waals surface area contributed by atoms with E-state index in [1.54, 1.807) is 18.2 Å². The van der Waals surface area contributed by atoms with E-state index in [-0.39, 0.29) is 18.0 Å². The van der Waals surface area contributed by atoms with Gasteiger partial charge in [0.2, 0.25) is 5.91 Å². The summed E-state index contributed by atoms with van der Waals surface area (Å²) in [7, 11) is 3.97. The van der Waals surface area contributed by atoms with Gasteiger partial charge >= 0.3 is 0 Å². The predicted octanol–water partition coefficient (Wildman–Crippen LogP) is 1.47. The van der Waals surface area contributed by atoms with E-state index < -0.39 is 0 Å². The van der Waals surface area contributed by atoms with Crippen LogP contribution in [0.5, 0.6) is 5.75 Å². The number of anilines is 1. The number of benzene rings is 1. The molecular formula is C15H23ClN4O2. The van der Waals surface area contributed by atoms with Crippen LogP contribution in [0.2, 0.25) is 5.02 Å². The first-order valence-electron chi connectivity index (χ1n) is 7.34. The monoisotopic (exact) mass is 326 g/mol. The number of carbonyl (C=O) groups is 1. The third kappa shape index (κ3) is 4.84.